The number of hydrogen-bond donors (Lipinski definition) is 1. The first kappa shape index (κ1) is 16.4. The van der Waals surface area contributed by atoms with Gasteiger partial charge in [0.15, 0.2) is 0 Å². The fourth-order valence-electron chi connectivity index (χ4n) is 2.22. The molecular formula is C15H24N2O3S. The minimum absolute atomic E-state index is 0.375. The molecule has 0 atom stereocenters. The predicted octanol–water partition coefficient (Wildman–Crippen LogP) is 1.60. The average molecular weight is 312 g/mol. The van der Waals surface area contributed by atoms with Crippen molar-refractivity contribution in [2.75, 3.05) is 26.8 Å². The molecule has 0 bridgehead atoms. The number of hydrogen-bond acceptors (Lipinski definition) is 4. The van der Waals surface area contributed by atoms with Crippen LogP contribution < -0.4 is 5.32 Å². The SMILES string of the molecule is CCN(CCOC)S(=O)(=O)c1ccccc1CNC1CC1. The van der Waals surface area contributed by atoms with E-state index in [2.05, 4.69) is 5.32 Å². The second-order valence-corrected chi connectivity index (χ2v) is 7.16. The van der Waals surface area contributed by atoms with Crippen LogP contribution in [0.5, 0.6) is 0 Å². The van der Waals surface area contributed by atoms with E-state index in [0.29, 0.717) is 37.2 Å². The number of benzene rings is 1. The van der Waals surface area contributed by atoms with Gasteiger partial charge in [0, 0.05) is 32.8 Å². The zero-order valence-corrected chi connectivity index (χ0v) is 13.5. The maximum Gasteiger partial charge on any atom is 0.243 e. The molecule has 0 heterocycles. The molecule has 21 heavy (non-hydrogen) atoms. The largest absolute Gasteiger partial charge is 0.383 e. The Morgan fingerprint density at radius 3 is 2.67 bits per heavy atom. The number of likely N-dealkylation sites (N-methyl/N-ethyl adjacent to an activating group) is 1. The van der Waals surface area contributed by atoms with E-state index in [-0.39, 0.29) is 0 Å². The number of sulfonamides is 1. The van der Waals surface area contributed by atoms with Gasteiger partial charge in [-0.25, -0.2) is 8.42 Å². The van der Waals surface area contributed by atoms with Crippen molar-refractivity contribution in [2.45, 2.75) is 37.2 Å². The first-order chi connectivity index (χ1) is 10.1. The molecule has 0 amide bonds. The Bertz CT molecular complexity index is 556. The van der Waals surface area contributed by atoms with E-state index in [4.69, 9.17) is 4.74 Å². The van der Waals surface area contributed by atoms with Crippen LogP contribution in [0, 0.1) is 0 Å². The van der Waals surface area contributed by atoms with E-state index >= 15 is 0 Å². The van der Waals surface area contributed by atoms with Crippen LogP contribution in [0.1, 0.15) is 25.3 Å². The summed E-state index contributed by atoms with van der Waals surface area (Å²) >= 11 is 0. The van der Waals surface area contributed by atoms with Crippen LogP contribution in [-0.2, 0) is 21.3 Å². The smallest absolute Gasteiger partial charge is 0.243 e. The first-order valence-electron chi connectivity index (χ1n) is 7.40. The first-order valence-corrected chi connectivity index (χ1v) is 8.84. The van der Waals surface area contributed by atoms with Crippen LogP contribution in [-0.4, -0.2) is 45.6 Å². The quantitative estimate of drug-likeness (QED) is 0.752. The number of methoxy groups -OCH3 is 1. The van der Waals surface area contributed by atoms with Gasteiger partial charge in [0.05, 0.1) is 11.5 Å². The maximum absolute atomic E-state index is 12.8. The van der Waals surface area contributed by atoms with Crippen LogP contribution >= 0.6 is 0 Å². The molecule has 0 saturated heterocycles. The van der Waals surface area contributed by atoms with E-state index in [1.54, 1.807) is 19.2 Å². The summed E-state index contributed by atoms with van der Waals surface area (Å²) in [6, 6.07) is 7.78. The molecule has 0 aromatic heterocycles. The number of nitrogens with one attached hydrogen (secondary N) is 1. The van der Waals surface area contributed by atoms with E-state index in [9.17, 15) is 8.42 Å². The molecule has 1 aromatic rings. The molecule has 1 aliphatic rings. The normalized spacial score (nSPS) is 15.6. The zero-order chi connectivity index (χ0) is 15.3. The Morgan fingerprint density at radius 2 is 2.05 bits per heavy atom. The fourth-order valence-corrected chi connectivity index (χ4v) is 3.88. The summed E-state index contributed by atoms with van der Waals surface area (Å²) in [5.74, 6) is 0. The molecular weight excluding hydrogens is 288 g/mol. The molecule has 118 valence electrons. The second-order valence-electron chi connectivity index (χ2n) is 5.25. The molecule has 0 unspecified atom stereocenters. The highest BCUT2D eigenvalue weighted by atomic mass is 32.2. The summed E-state index contributed by atoms with van der Waals surface area (Å²) in [4.78, 5) is 0.399. The van der Waals surface area contributed by atoms with Crippen molar-refractivity contribution in [1.82, 2.24) is 9.62 Å². The number of rotatable bonds is 9. The summed E-state index contributed by atoms with van der Waals surface area (Å²) < 4.78 is 32.1. The highest BCUT2D eigenvalue weighted by molar-refractivity contribution is 7.89. The van der Waals surface area contributed by atoms with Gasteiger partial charge in [-0.2, -0.15) is 4.31 Å². The van der Waals surface area contributed by atoms with Crippen LogP contribution in [0.15, 0.2) is 29.2 Å². The highest BCUT2D eigenvalue weighted by Gasteiger charge is 2.26. The summed E-state index contributed by atoms with van der Waals surface area (Å²) in [6.45, 7) is 3.66. The van der Waals surface area contributed by atoms with Crippen LogP contribution in [0.3, 0.4) is 0 Å². The van der Waals surface area contributed by atoms with Crippen molar-refractivity contribution in [3.05, 3.63) is 29.8 Å². The van der Waals surface area contributed by atoms with Gasteiger partial charge in [0.2, 0.25) is 10.0 Å². The molecule has 6 heteroatoms. The summed E-state index contributed by atoms with van der Waals surface area (Å²) in [6.07, 6.45) is 2.37. The molecule has 1 N–H and O–H groups in total. The van der Waals surface area contributed by atoms with Gasteiger partial charge in [-0.05, 0) is 24.5 Å². The molecule has 1 saturated carbocycles. The lowest BCUT2D eigenvalue weighted by Crippen LogP contribution is -2.34. The molecule has 0 radical (unpaired) electrons. The van der Waals surface area contributed by atoms with Crippen molar-refractivity contribution < 1.29 is 13.2 Å². The Morgan fingerprint density at radius 1 is 1.33 bits per heavy atom. The third-order valence-corrected chi connectivity index (χ3v) is 5.72. The standard InChI is InChI=1S/C15H24N2O3S/c1-3-17(10-11-20-2)21(18,19)15-7-5-4-6-13(15)12-16-14-8-9-14/h4-7,14,16H,3,8-12H2,1-2H3. The van der Waals surface area contributed by atoms with Crippen molar-refractivity contribution in [3.63, 3.8) is 0 Å². The Hall–Kier alpha value is -0.950. The lowest BCUT2D eigenvalue weighted by atomic mass is 10.2. The van der Waals surface area contributed by atoms with Crippen molar-refractivity contribution >= 4 is 10.0 Å². The van der Waals surface area contributed by atoms with Gasteiger partial charge in [-0.3, -0.25) is 0 Å². The lowest BCUT2D eigenvalue weighted by molar-refractivity contribution is 0.180. The lowest BCUT2D eigenvalue weighted by Gasteiger charge is -2.22. The monoisotopic (exact) mass is 312 g/mol. The van der Waals surface area contributed by atoms with Gasteiger partial charge in [0.25, 0.3) is 0 Å². The van der Waals surface area contributed by atoms with E-state index in [0.717, 1.165) is 5.56 Å². The van der Waals surface area contributed by atoms with Crippen LogP contribution in [0.25, 0.3) is 0 Å². The third kappa shape index (κ3) is 4.26. The predicted molar refractivity (Wildman–Crippen MR) is 82.6 cm³/mol. The highest BCUT2D eigenvalue weighted by Crippen LogP contribution is 2.23. The Balaban J connectivity index is 2.20. The number of nitrogens with zero attached hydrogens (tertiary/aromatic N) is 1. The van der Waals surface area contributed by atoms with Crippen LogP contribution in [0.2, 0.25) is 0 Å². The summed E-state index contributed by atoms with van der Waals surface area (Å²) in [7, 11) is -1.89. The Kier molecular flexibility index (Phi) is 5.75. The maximum atomic E-state index is 12.8. The zero-order valence-electron chi connectivity index (χ0n) is 12.7. The molecule has 1 aliphatic carbocycles. The van der Waals surface area contributed by atoms with Crippen molar-refractivity contribution in [2.24, 2.45) is 0 Å². The average Bonchev–Trinajstić information content (AvgIpc) is 3.30. The second kappa shape index (κ2) is 7.35. The number of ether oxygens (including phenoxy) is 1. The van der Waals surface area contributed by atoms with E-state index in [1.165, 1.54) is 17.1 Å². The summed E-state index contributed by atoms with van der Waals surface area (Å²) in [5, 5.41) is 3.38. The van der Waals surface area contributed by atoms with Gasteiger partial charge in [-0.1, -0.05) is 25.1 Å². The molecule has 0 aliphatic heterocycles. The topological polar surface area (TPSA) is 58.6 Å². The Labute approximate surface area is 127 Å². The van der Waals surface area contributed by atoms with Crippen molar-refractivity contribution in [3.8, 4) is 0 Å². The van der Waals surface area contributed by atoms with Crippen LogP contribution in [0.4, 0.5) is 0 Å². The van der Waals surface area contributed by atoms with E-state index < -0.39 is 10.0 Å². The molecule has 1 aromatic carbocycles. The fraction of sp³-hybridized carbons (Fsp3) is 0.600. The van der Waals surface area contributed by atoms with Gasteiger partial charge < -0.3 is 10.1 Å². The third-order valence-electron chi connectivity index (χ3n) is 3.65. The van der Waals surface area contributed by atoms with Gasteiger partial charge in [0.1, 0.15) is 0 Å². The molecule has 1 fully saturated rings. The van der Waals surface area contributed by atoms with Gasteiger partial charge in [-0.15, -0.1) is 0 Å². The minimum atomic E-state index is -3.47. The minimum Gasteiger partial charge on any atom is -0.383 e. The molecule has 0 spiro atoms. The van der Waals surface area contributed by atoms with E-state index in [1.807, 2.05) is 19.1 Å². The summed E-state index contributed by atoms with van der Waals surface area (Å²) in [5.41, 5.74) is 0.834. The molecule has 5 nitrogen and oxygen atoms in total. The van der Waals surface area contributed by atoms with Gasteiger partial charge >= 0.3 is 0 Å². The molecule has 2 rings (SSSR count). The van der Waals surface area contributed by atoms with Crippen molar-refractivity contribution in [1.29, 1.82) is 0 Å².